The Bertz CT molecular complexity index is 1300. The number of aryl methyl sites for hydroxylation is 1. The summed E-state index contributed by atoms with van der Waals surface area (Å²) in [6, 6.07) is 20.3. The monoisotopic (exact) mass is 493 g/mol. The maximum absolute atomic E-state index is 11.4. The molecular weight excluding hydrogens is 469 g/mol. The lowest BCUT2D eigenvalue weighted by molar-refractivity contribution is 0.0697. The van der Waals surface area contributed by atoms with Gasteiger partial charge in [-0.3, -0.25) is 4.98 Å². The molecule has 0 aliphatic heterocycles. The largest absolute Gasteiger partial charge is 0.484 e. The molecule has 0 saturated carbocycles. The number of ether oxygens (including phenoxy) is 1. The Balaban J connectivity index is 1.83. The van der Waals surface area contributed by atoms with Crippen molar-refractivity contribution in [2.75, 3.05) is 0 Å². The third-order valence-corrected chi connectivity index (χ3v) is 6.43. The highest BCUT2D eigenvalue weighted by Gasteiger charge is 2.27. The first-order valence-corrected chi connectivity index (χ1v) is 11.9. The normalized spacial score (nSPS) is 12.9. The highest BCUT2D eigenvalue weighted by atomic mass is 35.5. The molecule has 6 heteroatoms. The number of hydrogen-bond acceptors (Lipinski definition) is 3. The summed E-state index contributed by atoms with van der Waals surface area (Å²) in [5, 5.41) is 11.4. The quantitative estimate of drug-likeness (QED) is 0.268. The van der Waals surface area contributed by atoms with Crippen LogP contribution in [-0.4, -0.2) is 16.1 Å². The molecule has 0 aliphatic carbocycles. The van der Waals surface area contributed by atoms with Gasteiger partial charge >= 0.3 is 5.97 Å². The van der Waals surface area contributed by atoms with E-state index in [2.05, 4.69) is 11.9 Å². The van der Waals surface area contributed by atoms with Gasteiger partial charge in [-0.15, -0.1) is 0 Å². The van der Waals surface area contributed by atoms with E-state index < -0.39 is 5.97 Å². The van der Waals surface area contributed by atoms with Gasteiger partial charge in [0.25, 0.3) is 0 Å². The Hall–Kier alpha value is -3.08. The zero-order valence-electron chi connectivity index (χ0n) is 19.0. The van der Waals surface area contributed by atoms with Crippen LogP contribution in [0, 0.1) is 6.92 Å². The molecule has 0 aliphatic rings. The standard InChI is InChI=1S/C28H25Cl2NO3/c1-3-4-23(18-5-7-20(8-6-18)28(32)33)27(19-9-11-21(29)12-10-19)34-25-13-14-31-26-17(2)15-22(30)16-24(25)26/h5-16,23,27H,3-4H2,1-2H3,(H,32,33)/t23-,27?/m1/s1. The molecular formula is C28H25Cl2NO3. The lowest BCUT2D eigenvalue weighted by Gasteiger charge is -2.29. The molecule has 0 amide bonds. The summed E-state index contributed by atoms with van der Waals surface area (Å²) in [6.07, 6.45) is 3.19. The first kappa shape index (κ1) is 24.1. The molecule has 1 aromatic heterocycles. The second-order valence-electron chi connectivity index (χ2n) is 8.34. The van der Waals surface area contributed by atoms with Crippen molar-refractivity contribution >= 4 is 40.1 Å². The van der Waals surface area contributed by atoms with Gasteiger partial charge in [-0.25, -0.2) is 4.79 Å². The van der Waals surface area contributed by atoms with Gasteiger partial charge in [-0.2, -0.15) is 0 Å². The van der Waals surface area contributed by atoms with E-state index in [1.54, 1.807) is 18.3 Å². The van der Waals surface area contributed by atoms with Crippen LogP contribution in [0.15, 0.2) is 72.9 Å². The topological polar surface area (TPSA) is 59.4 Å². The molecule has 0 bridgehead atoms. The summed E-state index contributed by atoms with van der Waals surface area (Å²) in [5.74, 6) is -0.268. The highest BCUT2D eigenvalue weighted by Crippen LogP contribution is 2.41. The first-order chi connectivity index (χ1) is 16.4. The number of pyridine rings is 1. The van der Waals surface area contributed by atoms with E-state index >= 15 is 0 Å². The Kier molecular flexibility index (Phi) is 7.40. The smallest absolute Gasteiger partial charge is 0.335 e. The van der Waals surface area contributed by atoms with Crippen LogP contribution >= 0.6 is 23.2 Å². The van der Waals surface area contributed by atoms with E-state index in [0.717, 1.165) is 40.4 Å². The number of aromatic nitrogens is 1. The highest BCUT2D eigenvalue weighted by molar-refractivity contribution is 6.31. The molecule has 1 heterocycles. The molecule has 3 aromatic carbocycles. The lowest BCUT2D eigenvalue weighted by Crippen LogP contribution is -2.18. The number of carboxylic acid groups (broad SMARTS) is 1. The van der Waals surface area contributed by atoms with E-state index in [1.807, 2.05) is 61.5 Å². The van der Waals surface area contributed by atoms with E-state index in [9.17, 15) is 9.90 Å². The predicted octanol–water partition coefficient (Wildman–Crippen LogP) is 8.25. The Labute approximate surface area is 209 Å². The van der Waals surface area contributed by atoms with Crippen LogP contribution in [0.1, 0.15) is 58.8 Å². The van der Waals surface area contributed by atoms with Crippen molar-refractivity contribution in [1.29, 1.82) is 0 Å². The number of halogens is 2. The van der Waals surface area contributed by atoms with Crippen LogP contribution in [-0.2, 0) is 0 Å². The number of carbonyl (C=O) groups is 1. The summed E-state index contributed by atoms with van der Waals surface area (Å²) in [4.78, 5) is 15.9. The third kappa shape index (κ3) is 5.19. The summed E-state index contributed by atoms with van der Waals surface area (Å²) in [5.41, 5.74) is 4.07. The van der Waals surface area contributed by atoms with Gasteiger partial charge in [-0.05, 0) is 72.5 Å². The Morgan fingerprint density at radius 1 is 0.971 bits per heavy atom. The minimum atomic E-state index is -0.945. The van der Waals surface area contributed by atoms with Gasteiger partial charge in [0.05, 0.1) is 11.1 Å². The van der Waals surface area contributed by atoms with Gasteiger partial charge in [0.15, 0.2) is 0 Å². The van der Waals surface area contributed by atoms with Crippen molar-refractivity contribution < 1.29 is 14.6 Å². The number of hydrogen-bond donors (Lipinski definition) is 1. The molecule has 4 nitrogen and oxygen atoms in total. The van der Waals surface area contributed by atoms with E-state index in [1.165, 1.54) is 0 Å². The molecule has 4 rings (SSSR count). The van der Waals surface area contributed by atoms with Crippen molar-refractivity contribution in [3.63, 3.8) is 0 Å². The van der Waals surface area contributed by atoms with Crippen molar-refractivity contribution in [2.45, 2.75) is 38.7 Å². The van der Waals surface area contributed by atoms with Gasteiger partial charge in [0.2, 0.25) is 0 Å². The first-order valence-electron chi connectivity index (χ1n) is 11.2. The molecule has 0 spiro atoms. The van der Waals surface area contributed by atoms with Gasteiger partial charge in [-0.1, -0.05) is 60.8 Å². The van der Waals surface area contributed by atoms with E-state index in [4.69, 9.17) is 27.9 Å². The Morgan fingerprint density at radius 2 is 1.65 bits per heavy atom. The molecule has 2 atom stereocenters. The summed E-state index contributed by atoms with van der Waals surface area (Å²) >= 11 is 12.5. The van der Waals surface area contributed by atoms with Crippen molar-refractivity contribution in [1.82, 2.24) is 4.98 Å². The maximum atomic E-state index is 11.4. The third-order valence-electron chi connectivity index (χ3n) is 5.96. The fraction of sp³-hybridized carbons (Fsp3) is 0.214. The number of benzene rings is 3. The average molecular weight is 494 g/mol. The fourth-order valence-corrected chi connectivity index (χ4v) is 4.71. The van der Waals surface area contributed by atoms with Gasteiger partial charge < -0.3 is 9.84 Å². The SMILES string of the molecule is CCC[C@H](c1ccc(C(=O)O)cc1)C(Oc1ccnc2c(C)cc(Cl)cc12)c1ccc(Cl)cc1. The van der Waals surface area contributed by atoms with Crippen LogP contribution in [0.3, 0.4) is 0 Å². The molecule has 0 radical (unpaired) electrons. The number of rotatable bonds is 8. The average Bonchev–Trinajstić information content (AvgIpc) is 2.82. The van der Waals surface area contributed by atoms with E-state index in [-0.39, 0.29) is 17.6 Å². The zero-order valence-corrected chi connectivity index (χ0v) is 20.5. The zero-order chi connectivity index (χ0) is 24.2. The summed E-state index contributed by atoms with van der Waals surface area (Å²) < 4.78 is 6.75. The summed E-state index contributed by atoms with van der Waals surface area (Å²) in [7, 11) is 0. The summed E-state index contributed by atoms with van der Waals surface area (Å²) in [6.45, 7) is 4.11. The molecule has 0 fully saturated rings. The second kappa shape index (κ2) is 10.5. The van der Waals surface area contributed by atoms with Crippen LogP contribution in [0.2, 0.25) is 10.0 Å². The van der Waals surface area contributed by atoms with Crippen molar-refractivity contribution in [3.8, 4) is 5.75 Å². The molecule has 34 heavy (non-hydrogen) atoms. The van der Waals surface area contributed by atoms with Crippen LogP contribution < -0.4 is 4.74 Å². The van der Waals surface area contributed by atoms with Crippen molar-refractivity contribution in [3.05, 3.63) is 105 Å². The molecule has 174 valence electrons. The second-order valence-corrected chi connectivity index (χ2v) is 9.21. The van der Waals surface area contributed by atoms with Gasteiger partial charge in [0, 0.05) is 27.5 Å². The minimum Gasteiger partial charge on any atom is -0.484 e. The number of fused-ring (bicyclic) bond motifs is 1. The van der Waals surface area contributed by atoms with Crippen molar-refractivity contribution in [2.24, 2.45) is 0 Å². The van der Waals surface area contributed by atoms with Crippen LogP contribution in [0.5, 0.6) is 5.75 Å². The molecule has 0 saturated heterocycles. The number of nitrogens with zero attached hydrogens (tertiary/aromatic N) is 1. The van der Waals surface area contributed by atoms with Gasteiger partial charge in [0.1, 0.15) is 11.9 Å². The van der Waals surface area contributed by atoms with Crippen LogP contribution in [0.25, 0.3) is 10.9 Å². The minimum absolute atomic E-state index is 0.0162. The molecule has 4 aromatic rings. The number of aromatic carboxylic acids is 1. The number of carboxylic acids is 1. The van der Waals surface area contributed by atoms with E-state index in [0.29, 0.717) is 15.8 Å². The van der Waals surface area contributed by atoms with Crippen LogP contribution in [0.4, 0.5) is 0 Å². The fourth-order valence-electron chi connectivity index (χ4n) is 4.32. The lowest BCUT2D eigenvalue weighted by atomic mass is 9.85. The molecule has 1 N–H and O–H groups in total. The Morgan fingerprint density at radius 3 is 2.29 bits per heavy atom. The predicted molar refractivity (Wildman–Crippen MR) is 137 cm³/mol. The molecule has 1 unspecified atom stereocenters. The maximum Gasteiger partial charge on any atom is 0.335 e.